The van der Waals surface area contributed by atoms with E-state index in [9.17, 15) is 4.79 Å². The SMILES string of the molecule is C/C=C/CCn1c(C)cc(C=O)c1C. The third-order valence-corrected chi connectivity index (χ3v) is 2.49. The second-order valence-electron chi connectivity index (χ2n) is 3.45. The van der Waals surface area contributed by atoms with Crippen LogP contribution in [-0.2, 0) is 6.54 Å². The van der Waals surface area contributed by atoms with E-state index in [0.717, 1.165) is 36.2 Å². The van der Waals surface area contributed by atoms with E-state index in [4.69, 9.17) is 0 Å². The summed E-state index contributed by atoms with van der Waals surface area (Å²) in [6.45, 7) is 7.00. The molecule has 2 heteroatoms. The van der Waals surface area contributed by atoms with Gasteiger partial charge in [0.05, 0.1) is 0 Å². The van der Waals surface area contributed by atoms with Gasteiger partial charge in [0.15, 0.2) is 6.29 Å². The van der Waals surface area contributed by atoms with E-state index in [1.54, 1.807) is 0 Å². The summed E-state index contributed by atoms with van der Waals surface area (Å²) in [7, 11) is 0. The number of hydrogen-bond acceptors (Lipinski definition) is 1. The molecule has 0 atom stereocenters. The summed E-state index contributed by atoms with van der Waals surface area (Å²) >= 11 is 0. The lowest BCUT2D eigenvalue weighted by atomic mass is 10.3. The maximum Gasteiger partial charge on any atom is 0.151 e. The van der Waals surface area contributed by atoms with Gasteiger partial charge in [-0.25, -0.2) is 0 Å². The maximum atomic E-state index is 10.7. The highest BCUT2D eigenvalue weighted by Crippen LogP contribution is 2.13. The molecule has 0 spiro atoms. The van der Waals surface area contributed by atoms with Crippen molar-refractivity contribution in [3.8, 4) is 0 Å². The zero-order valence-electron chi connectivity index (χ0n) is 9.08. The molecule has 0 fully saturated rings. The molecular formula is C12H17NO. The van der Waals surface area contributed by atoms with Gasteiger partial charge >= 0.3 is 0 Å². The number of allylic oxidation sites excluding steroid dienone is 2. The Balaban J connectivity index is 2.85. The molecule has 1 aromatic heterocycles. The van der Waals surface area contributed by atoms with Crippen LogP contribution in [0.15, 0.2) is 18.2 Å². The fourth-order valence-electron chi connectivity index (χ4n) is 1.66. The Morgan fingerprint density at radius 3 is 2.64 bits per heavy atom. The van der Waals surface area contributed by atoms with Crippen LogP contribution in [0, 0.1) is 13.8 Å². The van der Waals surface area contributed by atoms with Gasteiger partial charge in [0.25, 0.3) is 0 Å². The zero-order valence-corrected chi connectivity index (χ0v) is 9.08. The Kier molecular flexibility index (Phi) is 3.69. The van der Waals surface area contributed by atoms with E-state index in [2.05, 4.69) is 16.7 Å². The van der Waals surface area contributed by atoms with E-state index in [1.165, 1.54) is 0 Å². The number of aromatic nitrogens is 1. The largest absolute Gasteiger partial charge is 0.348 e. The molecule has 0 saturated carbocycles. The number of rotatable bonds is 4. The number of aldehydes is 1. The van der Waals surface area contributed by atoms with Gasteiger partial charge in [-0.1, -0.05) is 12.2 Å². The normalized spacial score (nSPS) is 11.1. The van der Waals surface area contributed by atoms with Crippen LogP contribution in [0.25, 0.3) is 0 Å². The first-order valence-electron chi connectivity index (χ1n) is 4.93. The summed E-state index contributed by atoms with van der Waals surface area (Å²) in [5.41, 5.74) is 3.04. The molecule has 0 amide bonds. The van der Waals surface area contributed by atoms with Crippen molar-refractivity contribution >= 4 is 6.29 Å². The third kappa shape index (κ3) is 2.13. The lowest BCUT2D eigenvalue weighted by Crippen LogP contribution is -2.01. The molecule has 0 radical (unpaired) electrons. The summed E-state index contributed by atoms with van der Waals surface area (Å²) in [5, 5.41) is 0. The predicted octanol–water partition coefficient (Wildman–Crippen LogP) is 2.88. The van der Waals surface area contributed by atoms with E-state index >= 15 is 0 Å². The maximum absolute atomic E-state index is 10.7. The van der Waals surface area contributed by atoms with Gasteiger partial charge < -0.3 is 4.57 Å². The summed E-state index contributed by atoms with van der Waals surface area (Å²) in [5.74, 6) is 0. The molecule has 1 heterocycles. The minimum Gasteiger partial charge on any atom is -0.348 e. The Bertz CT molecular complexity index is 347. The van der Waals surface area contributed by atoms with Gasteiger partial charge in [0, 0.05) is 23.5 Å². The van der Waals surface area contributed by atoms with Crippen LogP contribution in [0.2, 0.25) is 0 Å². The van der Waals surface area contributed by atoms with E-state index in [1.807, 2.05) is 26.8 Å². The van der Waals surface area contributed by atoms with Gasteiger partial charge in [0.1, 0.15) is 0 Å². The lowest BCUT2D eigenvalue weighted by Gasteiger charge is -2.06. The molecule has 0 N–H and O–H groups in total. The molecule has 0 aromatic carbocycles. The van der Waals surface area contributed by atoms with Crippen molar-refractivity contribution in [3.63, 3.8) is 0 Å². The highest BCUT2D eigenvalue weighted by atomic mass is 16.1. The van der Waals surface area contributed by atoms with Crippen LogP contribution in [0.4, 0.5) is 0 Å². The Hall–Kier alpha value is -1.31. The first-order chi connectivity index (χ1) is 6.70. The highest BCUT2D eigenvalue weighted by Gasteiger charge is 2.06. The molecule has 1 rings (SSSR count). The molecule has 0 aliphatic heterocycles. The van der Waals surface area contributed by atoms with Crippen molar-refractivity contribution in [2.24, 2.45) is 0 Å². The van der Waals surface area contributed by atoms with Crippen LogP contribution in [0.5, 0.6) is 0 Å². The second kappa shape index (κ2) is 4.80. The predicted molar refractivity (Wildman–Crippen MR) is 58.7 cm³/mol. The standard InChI is InChI=1S/C12H17NO/c1-4-5-6-7-13-10(2)8-12(9-14)11(13)3/h4-5,8-9H,6-7H2,1-3H3/b5-4+. The molecule has 14 heavy (non-hydrogen) atoms. The minimum absolute atomic E-state index is 0.808. The third-order valence-electron chi connectivity index (χ3n) is 2.49. The van der Waals surface area contributed by atoms with Gasteiger partial charge in [-0.05, 0) is 33.3 Å². The summed E-state index contributed by atoms with van der Waals surface area (Å²) in [6.07, 6.45) is 6.13. The fraction of sp³-hybridized carbons (Fsp3) is 0.417. The number of hydrogen-bond donors (Lipinski definition) is 0. The highest BCUT2D eigenvalue weighted by molar-refractivity contribution is 5.77. The zero-order chi connectivity index (χ0) is 10.6. The fourth-order valence-corrected chi connectivity index (χ4v) is 1.66. The smallest absolute Gasteiger partial charge is 0.151 e. The Morgan fingerprint density at radius 1 is 1.43 bits per heavy atom. The van der Waals surface area contributed by atoms with Crippen molar-refractivity contribution in [1.29, 1.82) is 0 Å². The van der Waals surface area contributed by atoms with Crippen LogP contribution < -0.4 is 0 Å². The van der Waals surface area contributed by atoms with Gasteiger partial charge in [-0.15, -0.1) is 0 Å². The Morgan fingerprint density at radius 2 is 2.14 bits per heavy atom. The number of carbonyl (C=O) groups is 1. The quantitative estimate of drug-likeness (QED) is 0.530. The number of aryl methyl sites for hydroxylation is 1. The molecule has 0 aliphatic rings. The van der Waals surface area contributed by atoms with Crippen molar-refractivity contribution in [3.05, 3.63) is 35.2 Å². The number of nitrogens with zero attached hydrogens (tertiary/aromatic N) is 1. The molecule has 0 saturated heterocycles. The van der Waals surface area contributed by atoms with Crippen LogP contribution in [0.3, 0.4) is 0 Å². The summed E-state index contributed by atoms with van der Waals surface area (Å²) in [4.78, 5) is 10.7. The van der Waals surface area contributed by atoms with Crippen molar-refractivity contribution in [1.82, 2.24) is 4.57 Å². The second-order valence-corrected chi connectivity index (χ2v) is 3.45. The van der Waals surface area contributed by atoms with Crippen LogP contribution in [0.1, 0.15) is 35.1 Å². The molecule has 2 nitrogen and oxygen atoms in total. The molecule has 1 aromatic rings. The van der Waals surface area contributed by atoms with Crippen molar-refractivity contribution < 1.29 is 4.79 Å². The number of carbonyl (C=O) groups excluding carboxylic acids is 1. The van der Waals surface area contributed by atoms with E-state index in [0.29, 0.717) is 0 Å². The van der Waals surface area contributed by atoms with Gasteiger partial charge in [-0.3, -0.25) is 4.79 Å². The van der Waals surface area contributed by atoms with E-state index in [-0.39, 0.29) is 0 Å². The summed E-state index contributed by atoms with van der Waals surface area (Å²) < 4.78 is 2.18. The minimum atomic E-state index is 0.808. The summed E-state index contributed by atoms with van der Waals surface area (Å²) in [6, 6.07) is 1.94. The molecule has 0 bridgehead atoms. The van der Waals surface area contributed by atoms with Crippen LogP contribution in [-0.4, -0.2) is 10.9 Å². The molecule has 0 unspecified atom stereocenters. The van der Waals surface area contributed by atoms with Gasteiger partial charge in [-0.2, -0.15) is 0 Å². The molecular weight excluding hydrogens is 174 g/mol. The van der Waals surface area contributed by atoms with E-state index < -0.39 is 0 Å². The topological polar surface area (TPSA) is 22.0 Å². The Labute approximate surface area is 85.2 Å². The van der Waals surface area contributed by atoms with Gasteiger partial charge in [0.2, 0.25) is 0 Å². The lowest BCUT2D eigenvalue weighted by molar-refractivity contribution is 0.112. The average Bonchev–Trinajstić information content (AvgIpc) is 2.45. The van der Waals surface area contributed by atoms with Crippen molar-refractivity contribution in [2.75, 3.05) is 0 Å². The average molecular weight is 191 g/mol. The first-order valence-corrected chi connectivity index (χ1v) is 4.93. The molecule has 76 valence electrons. The molecule has 0 aliphatic carbocycles. The first kappa shape index (κ1) is 10.8. The monoisotopic (exact) mass is 191 g/mol. The van der Waals surface area contributed by atoms with Crippen molar-refractivity contribution in [2.45, 2.75) is 33.7 Å². The van der Waals surface area contributed by atoms with Crippen LogP contribution >= 0.6 is 0 Å².